The van der Waals surface area contributed by atoms with Crippen LogP contribution in [0.3, 0.4) is 0 Å². The number of rotatable bonds is 4. The lowest BCUT2D eigenvalue weighted by Gasteiger charge is -2.34. The lowest BCUT2D eigenvalue weighted by Crippen LogP contribution is -2.49. The minimum atomic E-state index is -0.413. The van der Waals surface area contributed by atoms with Crippen molar-refractivity contribution in [2.24, 2.45) is 0 Å². The maximum absolute atomic E-state index is 12.0. The average molecular weight is 268 g/mol. The molecule has 1 unspecified atom stereocenters. The van der Waals surface area contributed by atoms with E-state index in [4.69, 9.17) is 4.74 Å². The highest BCUT2D eigenvalue weighted by Gasteiger charge is 2.27. The van der Waals surface area contributed by atoms with Crippen LogP contribution in [-0.2, 0) is 4.74 Å². The molecule has 1 saturated heterocycles. The van der Waals surface area contributed by atoms with Crippen molar-refractivity contribution >= 4 is 6.09 Å². The molecule has 0 aromatic rings. The molecule has 1 heterocycles. The Balaban J connectivity index is 2.35. The number of amides is 1. The molecule has 0 bridgehead atoms. The van der Waals surface area contributed by atoms with Crippen molar-refractivity contribution in [1.29, 1.82) is 0 Å². The van der Waals surface area contributed by atoms with E-state index >= 15 is 0 Å². The van der Waals surface area contributed by atoms with E-state index in [9.17, 15) is 4.79 Å². The summed E-state index contributed by atoms with van der Waals surface area (Å²) >= 11 is 0. The van der Waals surface area contributed by atoms with Gasteiger partial charge in [0, 0.05) is 19.1 Å². The molecule has 0 aliphatic carbocycles. The van der Waals surface area contributed by atoms with Gasteiger partial charge in [0.25, 0.3) is 0 Å². The molecule has 0 saturated carbocycles. The van der Waals surface area contributed by atoms with Crippen LogP contribution in [0.25, 0.3) is 0 Å². The van der Waals surface area contributed by atoms with Gasteiger partial charge >= 0.3 is 6.09 Å². The SMILES string of the molecule is C/C=C/CCNC1CCCN(C(=O)OC(C)(C)C)C1. The molecule has 4 heteroatoms. The number of hydrogen-bond donors (Lipinski definition) is 1. The van der Waals surface area contributed by atoms with E-state index in [1.807, 2.05) is 32.6 Å². The van der Waals surface area contributed by atoms with Crippen molar-refractivity contribution in [3.05, 3.63) is 12.2 Å². The lowest BCUT2D eigenvalue weighted by atomic mass is 10.1. The molecule has 4 nitrogen and oxygen atoms in total. The van der Waals surface area contributed by atoms with Crippen molar-refractivity contribution < 1.29 is 9.53 Å². The minimum Gasteiger partial charge on any atom is -0.444 e. The molecular weight excluding hydrogens is 240 g/mol. The Hall–Kier alpha value is -1.03. The summed E-state index contributed by atoms with van der Waals surface area (Å²) in [7, 11) is 0. The van der Waals surface area contributed by atoms with Crippen molar-refractivity contribution in [1.82, 2.24) is 10.2 Å². The van der Waals surface area contributed by atoms with Gasteiger partial charge in [-0.2, -0.15) is 0 Å². The number of likely N-dealkylation sites (tertiary alicyclic amines) is 1. The number of allylic oxidation sites excluding steroid dienone is 1. The molecule has 1 atom stereocenters. The maximum atomic E-state index is 12.0. The molecule has 1 amide bonds. The van der Waals surface area contributed by atoms with Crippen LogP contribution in [0.2, 0.25) is 0 Å². The van der Waals surface area contributed by atoms with Crippen molar-refractivity contribution in [2.75, 3.05) is 19.6 Å². The van der Waals surface area contributed by atoms with Crippen LogP contribution < -0.4 is 5.32 Å². The van der Waals surface area contributed by atoms with E-state index in [2.05, 4.69) is 17.5 Å². The van der Waals surface area contributed by atoms with Gasteiger partial charge in [-0.15, -0.1) is 0 Å². The molecule has 0 spiro atoms. The van der Waals surface area contributed by atoms with Gasteiger partial charge in [-0.05, 0) is 53.5 Å². The zero-order valence-electron chi connectivity index (χ0n) is 12.7. The Labute approximate surface area is 117 Å². The molecule has 1 aliphatic heterocycles. The second-order valence-corrected chi connectivity index (χ2v) is 6.08. The Morgan fingerprint density at radius 1 is 1.47 bits per heavy atom. The number of piperidine rings is 1. The molecule has 0 aromatic carbocycles. The molecule has 1 N–H and O–H groups in total. The fraction of sp³-hybridized carbons (Fsp3) is 0.800. The summed E-state index contributed by atoms with van der Waals surface area (Å²) in [5.74, 6) is 0. The van der Waals surface area contributed by atoms with Crippen LogP contribution in [0.15, 0.2) is 12.2 Å². The van der Waals surface area contributed by atoms with Gasteiger partial charge in [-0.25, -0.2) is 4.79 Å². The molecule has 1 fully saturated rings. The first-order valence-electron chi connectivity index (χ1n) is 7.25. The number of carbonyl (C=O) groups excluding carboxylic acids is 1. The van der Waals surface area contributed by atoms with E-state index in [0.717, 1.165) is 38.9 Å². The number of carbonyl (C=O) groups is 1. The second kappa shape index (κ2) is 7.53. The van der Waals surface area contributed by atoms with Crippen LogP contribution >= 0.6 is 0 Å². The fourth-order valence-electron chi connectivity index (χ4n) is 2.17. The summed E-state index contributed by atoms with van der Waals surface area (Å²) < 4.78 is 5.42. The van der Waals surface area contributed by atoms with Crippen LogP contribution in [-0.4, -0.2) is 42.3 Å². The van der Waals surface area contributed by atoms with Gasteiger partial charge in [0.05, 0.1) is 0 Å². The predicted octanol–water partition coefficient (Wildman–Crippen LogP) is 2.94. The number of nitrogens with zero attached hydrogens (tertiary/aromatic N) is 1. The highest BCUT2D eigenvalue weighted by atomic mass is 16.6. The van der Waals surface area contributed by atoms with E-state index < -0.39 is 5.60 Å². The average Bonchev–Trinajstić information content (AvgIpc) is 2.33. The minimum absolute atomic E-state index is 0.188. The summed E-state index contributed by atoms with van der Waals surface area (Å²) in [6.45, 7) is 10.3. The zero-order chi connectivity index (χ0) is 14.3. The van der Waals surface area contributed by atoms with E-state index in [-0.39, 0.29) is 6.09 Å². The molecule has 0 aromatic heterocycles. The molecule has 19 heavy (non-hydrogen) atoms. The van der Waals surface area contributed by atoms with Gasteiger partial charge in [-0.1, -0.05) is 12.2 Å². The maximum Gasteiger partial charge on any atom is 0.410 e. The largest absolute Gasteiger partial charge is 0.444 e. The molecule has 1 rings (SSSR count). The monoisotopic (exact) mass is 268 g/mol. The van der Waals surface area contributed by atoms with Crippen LogP contribution in [0.4, 0.5) is 4.79 Å². The summed E-state index contributed by atoms with van der Waals surface area (Å²) in [5, 5.41) is 3.50. The van der Waals surface area contributed by atoms with Crippen LogP contribution in [0.5, 0.6) is 0 Å². The topological polar surface area (TPSA) is 41.6 Å². The van der Waals surface area contributed by atoms with Gasteiger partial charge < -0.3 is 15.0 Å². The summed E-state index contributed by atoms with van der Waals surface area (Å²) in [6.07, 6.45) is 7.25. The third kappa shape index (κ3) is 6.62. The number of hydrogen-bond acceptors (Lipinski definition) is 3. The van der Waals surface area contributed by atoms with Gasteiger partial charge in [0.15, 0.2) is 0 Å². The first-order valence-corrected chi connectivity index (χ1v) is 7.25. The van der Waals surface area contributed by atoms with Gasteiger partial charge in [-0.3, -0.25) is 0 Å². The Kier molecular flexibility index (Phi) is 6.35. The number of ether oxygens (including phenoxy) is 1. The molecule has 110 valence electrons. The third-order valence-corrected chi connectivity index (χ3v) is 3.05. The van der Waals surface area contributed by atoms with Crippen molar-refractivity contribution in [3.63, 3.8) is 0 Å². The number of nitrogens with one attached hydrogen (secondary N) is 1. The smallest absolute Gasteiger partial charge is 0.410 e. The normalized spacial score (nSPS) is 20.8. The summed E-state index contributed by atoms with van der Waals surface area (Å²) in [5.41, 5.74) is -0.413. The van der Waals surface area contributed by atoms with E-state index in [0.29, 0.717) is 6.04 Å². The highest BCUT2D eigenvalue weighted by molar-refractivity contribution is 5.68. The van der Waals surface area contributed by atoms with Crippen LogP contribution in [0.1, 0.15) is 47.0 Å². The predicted molar refractivity (Wildman–Crippen MR) is 78.3 cm³/mol. The molecular formula is C15H28N2O2. The Morgan fingerprint density at radius 3 is 2.84 bits per heavy atom. The second-order valence-electron chi connectivity index (χ2n) is 6.08. The first kappa shape index (κ1) is 16.0. The quantitative estimate of drug-likeness (QED) is 0.629. The van der Waals surface area contributed by atoms with Crippen molar-refractivity contribution in [2.45, 2.75) is 58.6 Å². The van der Waals surface area contributed by atoms with E-state index in [1.165, 1.54) is 0 Å². The van der Waals surface area contributed by atoms with E-state index in [1.54, 1.807) is 0 Å². The Bertz CT molecular complexity index is 308. The standard InChI is InChI=1S/C15H28N2O2/c1-5-6-7-10-16-13-9-8-11-17(12-13)14(18)19-15(2,3)4/h5-6,13,16H,7-12H2,1-4H3/b6-5+. The van der Waals surface area contributed by atoms with Crippen LogP contribution in [0, 0.1) is 0 Å². The van der Waals surface area contributed by atoms with Gasteiger partial charge in [0.1, 0.15) is 5.60 Å². The molecule has 1 aliphatic rings. The van der Waals surface area contributed by atoms with Gasteiger partial charge in [0.2, 0.25) is 0 Å². The summed E-state index contributed by atoms with van der Waals surface area (Å²) in [4.78, 5) is 13.8. The fourth-order valence-corrected chi connectivity index (χ4v) is 2.17. The summed E-state index contributed by atoms with van der Waals surface area (Å²) in [6, 6.07) is 0.395. The third-order valence-electron chi connectivity index (χ3n) is 3.05. The Morgan fingerprint density at radius 2 is 2.21 bits per heavy atom. The first-order chi connectivity index (χ1) is 8.92. The lowest BCUT2D eigenvalue weighted by molar-refractivity contribution is 0.0188. The molecule has 0 radical (unpaired) electrons. The van der Waals surface area contributed by atoms with Crippen molar-refractivity contribution in [3.8, 4) is 0 Å². The highest BCUT2D eigenvalue weighted by Crippen LogP contribution is 2.15. The zero-order valence-corrected chi connectivity index (χ0v) is 12.7.